The molecule has 496 valence electrons. The third-order valence-corrected chi connectivity index (χ3v) is 15.5. The van der Waals surface area contributed by atoms with Gasteiger partial charge in [0.2, 0.25) is 5.91 Å². The Bertz CT molecular complexity index is 1930. The molecule has 0 spiro atoms. The van der Waals surface area contributed by atoms with Crippen molar-refractivity contribution in [3.05, 3.63) is 134 Å². The summed E-state index contributed by atoms with van der Waals surface area (Å²) in [6.45, 7) is 5.55. The Morgan fingerprint density at radius 3 is 1.24 bits per heavy atom. The van der Waals surface area contributed by atoms with E-state index < -0.39 is 67.4 Å². The van der Waals surface area contributed by atoms with Gasteiger partial charge in [-0.15, -0.1) is 0 Å². The zero-order valence-electron chi connectivity index (χ0n) is 55.1. The molecule has 1 aliphatic rings. The van der Waals surface area contributed by atoms with Crippen LogP contribution < -0.4 is 5.32 Å². The van der Waals surface area contributed by atoms with Crippen LogP contribution in [0.2, 0.25) is 0 Å². The fraction of sp³-hybridized carbons (Fsp3) is 0.684. The number of allylic oxidation sites excluding steroid dienone is 21. The fourth-order valence-corrected chi connectivity index (χ4v) is 10.1. The first kappa shape index (κ1) is 80.8. The van der Waals surface area contributed by atoms with Crippen LogP contribution in [0.5, 0.6) is 0 Å². The molecule has 1 aliphatic heterocycles. The minimum atomic E-state index is -1.63. The predicted molar refractivity (Wildman–Crippen MR) is 365 cm³/mol. The lowest BCUT2D eigenvalue weighted by Crippen LogP contribution is -2.61. The Morgan fingerprint density at radius 1 is 0.460 bits per heavy atom. The van der Waals surface area contributed by atoms with Crippen LogP contribution in [-0.4, -0.2) is 99.6 Å². The van der Waals surface area contributed by atoms with Crippen molar-refractivity contribution in [2.45, 2.75) is 320 Å². The smallest absolute Gasteiger partial charge is 0.306 e. The van der Waals surface area contributed by atoms with Crippen molar-refractivity contribution in [1.82, 2.24) is 5.32 Å². The summed E-state index contributed by atoms with van der Waals surface area (Å²) < 4.78 is 17.7. The van der Waals surface area contributed by atoms with Crippen molar-refractivity contribution in [2.24, 2.45) is 0 Å². The molecule has 0 aromatic carbocycles. The number of ether oxygens (including phenoxy) is 3. The molecule has 0 bridgehead atoms. The molecule has 8 unspecified atom stereocenters. The molecule has 11 heteroatoms. The van der Waals surface area contributed by atoms with Gasteiger partial charge in [-0.25, -0.2) is 0 Å². The van der Waals surface area contributed by atoms with E-state index in [2.05, 4.69) is 148 Å². The number of carbonyl (C=O) groups excluding carboxylic acids is 2. The Hall–Kier alpha value is -4.20. The average Bonchev–Trinajstić information content (AvgIpc) is 2.93. The summed E-state index contributed by atoms with van der Waals surface area (Å²) in [5.74, 6) is -1.22. The summed E-state index contributed by atoms with van der Waals surface area (Å²) in [6.07, 6.45) is 77.7. The van der Waals surface area contributed by atoms with E-state index in [1.165, 1.54) is 77.0 Å². The topological polar surface area (TPSA) is 175 Å². The minimum absolute atomic E-state index is 0.110. The molecule has 0 saturated carbocycles. The lowest BCUT2D eigenvalue weighted by Gasteiger charge is -2.41. The third-order valence-electron chi connectivity index (χ3n) is 15.5. The van der Waals surface area contributed by atoms with Crippen LogP contribution in [0.4, 0.5) is 0 Å². The van der Waals surface area contributed by atoms with Crippen molar-refractivity contribution in [1.29, 1.82) is 0 Å². The first-order chi connectivity index (χ1) is 42.7. The monoisotopic (exact) mass is 1210 g/mol. The predicted octanol–water partition coefficient (Wildman–Crippen LogP) is 18.0. The maximum Gasteiger partial charge on any atom is 0.306 e. The Balaban J connectivity index is 2.57. The van der Waals surface area contributed by atoms with E-state index in [4.69, 9.17) is 14.2 Å². The molecule has 0 radical (unpaired) electrons. The molecular formula is C76H127NO10. The quantitative estimate of drug-likeness (QED) is 0.0195. The largest absolute Gasteiger partial charge is 0.454 e. The van der Waals surface area contributed by atoms with Gasteiger partial charge in [-0.2, -0.15) is 0 Å². The number of rotatable bonds is 58. The summed E-state index contributed by atoms with van der Waals surface area (Å²) in [4.78, 5) is 26.7. The van der Waals surface area contributed by atoms with Crippen LogP contribution in [0.1, 0.15) is 271 Å². The van der Waals surface area contributed by atoms with E-state index in [9.17, 15) is 35.1 Å². The van der Waals surface area contributed by atoms with Gasteiger partial charge in [-0.1, -0.05) is 283 Å². The fourth-order valence-electron chi connectivity index (χ4n) is 10.1. The van der Waals surface area contributed by atoms with Gasteiger partial charge in [0.05, 0.1) is 25.4 Å². The molecule has 6 N–H and O–H groups in total. The van der Waals surface area contributed by atoms with Crippen molar-refractivity contribution in [2.75, 3.05) is 13.2 Å². The highest BCUT2D eigenvalue weighted by molar-refractivity contribution is 5.80. The van der Waals surface area contributed by atoms with Crippen molar-refractivity contribution in [3.8, 4) is 0 Å². The van der Waals surface area contributed by atoms with Gasteiger partial charge in [-0.05, 0) is 116 Å². The van der Waals surface area contributed by atoms with Gasteiger partial charge in [0, 0.05) is 6.42 Å². The molecule has 1 amide bonds. The van der Waals surface area contributed by atoms with Crippen molar-refractivity contribution in [3.63, 3.8) is 0 Å². The third kappa shape index (κ3) is 49.3. The van der Waals surface area contributed by atoms with Crippen LogP contribution in [0, 0.1) is 0 Å². The molecular weight excluding hydrogens is 1090 g/mol. The van der Waals surface area contributed by atoms with Crippen LogP contribution >= 0.6 is 0 Å². The first-order valence-electron chi connectivity index (χ1n) is 35.0. The maximum atomic E-state index is 13.5. The summed E-state index contributed by atoms with van der Waals surface area (Å²) in [5, 5.41) is 57.2. The first-order valence-corrected chi connectivity index (χ1v) is 35.0. The highest BCUT2D eigenvalue weighted by atomic mass is 16.7. The number of aliphatic hydroxyl groups excluding tert-OH is 5. The number of nitrogens with one attached hydrogen (secondary N) is 1. The summed E-state index contributed by atoms with van der Waals surface area (Å²) in [6, 6.07) is -1.04. The Labute approximate surface area is 531 Å². The number of hydrogen-bond donors (Lipinski definition) is 6. The van der Waals surface area contributed by atoms with E-state index in [-0.39, 0.29) is 19.4 Å². The standard InChI is InChI=1S/C76H127NO10/c1-4-7-10-13-16-19-22-24-26-28-30-32-33-34-35-36-37-38-40-42-44-46-49-52-55-58-61-64-71(81)87-74-73(83)72(82)70(65-78)86-76(74)85-66-67(68(79)62-59-56-53-50-47-21-18-15-12-9-6-3)77-75(84)69(80)63-60-57-54-51-48-45-43-41-39-31-29-27-25-23-20-17-14-11-8-5-2/h7-8,10-11,16-17,19-20,24-27,30-32,34-35,39,43,45,59,62,67-70,72-74,76,78-80,82-83H,4-6,9,12-15,18,21-23,28-29,33,36-38,40-42,44,46-58,60-61,63-66H2,1-3H3,(H,77,84)/b10-7-,11-8-,19-16-,20-17-,26-24-,27-25-,32-30-,35-34-,39-31-,45-43-,62-59+. The molecule has 87 heavy (non-hydrogen) atoms. The molecule has 1 saturated heterocycles. The molecule has 1 heterocycles. The lowest BCUT2D eigenvalue weighted by atomic mass is 9.99. The van der Waals surface area contributed by atoms with Crippen LogP contribution in [0.3, 0.4) is 0 Å². The van der Waals surface area contributed by atoms with Gasteiger partial charge >= 0.3 is 5.97 Å². The van der Waals surface area contributed by atoms with E-state index in [0.29, 0.717) is 12.8 Å². The second-order valence-electron chi connectivity index (χ2n) is 23.5. The summed E-state index contributed by atoms with van der Waals surface area (Å²) >= 11 is 0. The van der Waals surface area contributed by atoms with Crippen LogP contribution in [0.15, 0.2) is 134 Å². The molecule has 1 rings (SSSR count). The molecule has 11 nitrogen and oxygen atoms in total. The molecule has 0 aromatic heterocycles. The van der Waals surface area contributed by atoms with Gasteiger partial charge < -0.3 is 45.1 Å². The van der Waals surface area contributed by atoms with E-state index in [1.54, 1.807) is 6.08 Å². The van der Waals surface area contributed by atoms with Crippen LogP contribution in [-0.2, 0) is 23.8 Å². The van der Waals surface area contributed by atoms with Crippen molar-refractivity contribution >= 4 is 11.9 Å². The molecule has 0 aromatic rings. The minimum Gasteiger partial charge on any atom is -0.454 e. The number of carbonyl (C=O) groups is 2. The van der Waals surface area contributed by atoms with Gasteiger partial charge in [0.25, 0.3) is 0 Å². The number of esters is 1. The molecule has 0 aliphatic carbocycles. The summed E-state index contributed by atoms with van der Waals surface area (Å²) in [7, 11) is 0. The number of hydrogen-bond acceptors (Lipinski definition) is 10. The van der Waals surface area contributed by atoms with Gasteiger partial charge in [0.1, 0.15) is 24.4 Å². The number of unbranched alkanes of at least 4 members (excludes halogenated alkanes) is 24. The van der Waals surface area contributed by atoms with E-state index in [0.717, 1.165) is 148 Å². The van der Waals surface area contributed by atoms with Crippen LogP contribution in [0.25, 0.3) is 0 Å². The zero-order chi connectivity index (χ0) is 63.1. The molecule has 1 fully saturated rings. The zero-order valence-corrected chi connectivity index (χ0v) is 55.1. The lowest BCUT2D eigenvalue weighted by molar-refractivity contribution is -0.305. The highest BCUT2D eigenvalue weighted by Crippen LogP contribution is 2.26. The number of amides is 1. The second-order valence-corrected chi connectivity index (χ2v) is 23.5. The second kappa shape index (κ2) is 62.0. The Morgan fingerprint density at radius 2 is 0.828 bits per heavy atom. The maximum absolute atomic E-state index is 13.5. The van der Waals surface area contributed by atoms with Crippen molar-refractivity contribution < 1.29 is 49.3 Å². The van der Waals surface area contributed by atoms with E-state index >= 15 is 0 Å². The van der Waals surface area contributed by atoms with Gasteiger partial charge in [-0.3, -0.25) is 9.59 Å². The normalized spacial score (nSPS) is 19.1. The number of aliphatic hydroxyl groups is 5. The Kier molecular flexibility index (Phi) is 57.6. The van der Waals surface area contributed by atoms with Gasteiger partial charge in [0.15, 0.2) is 12.4 Å². The SMILES string of the molecule is CC/C=C\C/C=C\C/C=C\C/C=C\C/C=C\CCCCCCCCCCCCCC(=O)OC1C(OCC(NC(=O)C(O)CCCCCC/C=C\C/C=C\C/C=C\C/C=C\C/C=C\CC)C(O)/C=C/CCCCCCCCCCC)OC(CO)C(O)C1O. The van der Waals surface area contributed by atoms with E-state index in [1.807, 2.05) is 6.08 Å². The highest BCUT2D eigenvalue weighted by Gasteiger charge is 2.47. The summed E-state index contributed by atoms with van der Waals surface area (Å²) in [5.41, 5.74) is 0. The molecule has 8 atom stereocenters. The average molecular weight is 1210 g/mol.